The van der Waals surface area contributed by atoms with Crippen molar-refractivity contribution in [3.63, 3.8) is 0 Å². The Hall–Kier alpha value is -2.54. The molecule has 0 radical (unpaired) electrons. The minimum Gasteiger partial charge on any atom is -0.494 e. The standard InChI is InChI=1S/C21H28N2O4S/c1-5-17-7-11-19(12-8-17)23(28(4,25)26)16(3)21(24)22-15-18-9-13-20(14-10-18)27-6-2/h7-14,16H,5-6,15H2,1-4H3,(H,22,24). The molecule has 0 aliphatic carbocycles. The molecule has 6 nitrogen and oxygen atoms in total. The number of carbonyl (C=O) groups is 1. The highest BCUT2D eigenvalue weighted by Crippen LogP contribution is 2.22. The summed E-state index contributed by atoms with van der Waals surface area (Å²) < 4.78 is 31.2. The number of nitrogens with zero attached hydrogens (tertiary/aromatic N) is 1. The maximum Gasteiger partial charge on any atom is 0.243 e. The Kier molecular flexibility index (Phi) is 7.45. The van der Waals surface area contributed by atoms with Crippen molar-refractivity contribution in [2.24, 2.45) is 0 Å². The first-order valence-electron chi connectivity index (χ1n) is 9.34. The second kappa shape index (κ2) is 9.59. The molecule has 0 aromatic heterocycles. The molecular formula is C21H28N2O4S. The molecule has 0 aliphatic heterocycles. The van der Waals surface area contributed by atoms with Crippen LogP contribution in [0.4, 0.5) is 5.69 Å². The van der Waals surface area contributed by atoms with Crippen molar-refractivity contribution in [3.8, 4) is 5.75 Å². The molecule has 0 spiro atoms. The third-order valence-electron chi connectivity index (χ3n) is 4.39. The third-order valence-corrected chi connectivity index (χ3v) is 5.63. The van der Waals surface area contributed by atoms with E-state index in [9.17, 15) is 13.2 Å². The summed E-state index contributed by atoms with van der Waals surface area (Å²) >= 11 is 0. The minimum absolute atomic E-state index is 0.307. The highest BCUT2D eigenvalue weighted by atomic mass is 32.2. The Balaban J connectivity index is 2.10. The number of aryl methyl sites for hydroxylation is 1. The van der Waals surface area contributed by atoms with E-state index in [0.29, 0.717) is 18.8 Å². The summed E-state index contributed by atoms with van der Waals surface area (Å²) in [6.45, 7) is 6.43. The average Bonchev–Trinajstić information content (AvgIpc) is 2.67. The Morgan fingerprint density at radius 3 is 2.11 bits per heavy atom. The van der Waals surface area contributed by atoms with Gasteiger partial charge in [-0.25, -0.2) is 8.42 Å². The predicted octanol–water partition coefficient (Wildman–Crippen LogP) is 3.12. The van der Waals surface area contributed by atoms with Crippen LogP contribution in [0.25, 0.3) is 0 Å². The molecule has 1 atom stereocenters. The van der Waals surface area contributed by atoms with E-state index in [0.717, 1.165) is 33.9 Å². The molecule has 0 saturated heterocycles. The van der Waals surface area contributed by atoms with E-state index < -0.39 is 16.1 Å². The van der Waals surface area contributed by atoms with Crippen molar-refractivity contribution in [2.75, 3.05) is 17.2 Å². The van der Waals surface area contributed by atoms with Crippen LogP contribution in [0.5, 0.6) is 5.75 Å². The van der Waals surface area contributed by atoms with Crippen LogP contribution in [0.2, 0.25) is 0 Å². The number of amides is 1. The van der Waals surface area contributed by atoms with E-state index in [4.69, 9.17) is 4.74 Å². The molecule has 0 fully saturated rings. The molecule has 7 heteroatoms. The molecule has 0 saturated carbocycles. The number of ether oxygens (including phenoxy) is 1. The SMILES string of the molecule is CCOc1ccc(CNC(=O)C(C)N(c2ccc(CC)cc2)S(C)(=O)=O)cc1. The molecule has 0 bridgehead atoms. The fourth-order valence-corrected chi connectivity index (χ4v) is 4.07. The number of hydrogen-bond acceptors (Lipinski definition) is 4. The normalized spacial score (nSPS) is 12.3. The Labute approximate surface area is 167 Å². The average molecular weight is 405 g/mol. The maximum atomic E-state index is 12.6. The van der Waals surface area contributed by atoms with Crippen molar-refractivity contribution in [3.05, 3.63) is 59.7 Å². The Bertz CT molecular complexity index is 878. The highest BCUT2D eigenvalue weighted by molar-refractivity contribution is 7.92. The summed E-state index contributed by atoms with van der Waals surface area (Å²) in [5.74, 6) is 0.406. The van der Waals surface area contributed by atoms with Crippen LogP contribution < -0.4 is 14.4 Å². The van der Waals surface area contributed by atoms with Gasteiger partial charge in [-0.05, 0) is 55.7 Å². The fourth-order valence-electron chi connectivity index (χ4n) is 2.89. The van der Waals surface area contributed by atoms with Gasteiger partial charge in [-0.1, -0.05) is 31.2 Å². The first-order valence-corrected chi connectivity index (χ1v) is 11.2. The molecule has 1 amide bonds. The molecule has 2 aromatic carbocycles. The summed E-state index contributed by atoms with van der Waals surface area (Å²) in [6, 6.07) is 13.8. The van der Waals surface area contributed by atoms with Crippen LogP contribution in [0.3, 0.4) is 0 Å². The van der Waals surface area contributed by atoms with E-state index in [-0.39, 0.29) is 5.91 Å². The third kappa shape index (κ3) is 5.73. The first kappa shape index (κ1) is 21.8. The number of benzene rings is 2. The minimum atomic E-state index is -3.62. The van der Waals surface area contributed by atoms with Crippen molar-refractivity contribution in [1.82, 2.24) is 5.32 Å². The number of anilines is 1. The summed E-state index contributed by atoms with van der Waals surface area (Å²) in [5.41, 5.74) is 2.48. The summed E-state index contributed by atoms with van der Waals surface area (Å²) in [4.78, 5) is 12.6. The van der Waals surface area contributed by atoms with Crippen molar-refractivity contribution >= 4 is 21.6 Å². The van der Waals surface area contributed by atoms with Gasteiger partial charge in [0, 0.05) is 6.54 Å². The van der Waals surface area contributed by atoms with Gasteiger partial charge in [0.05, 0.1) is 18.6 Å². The molecule has 2 rings (SSSR count). The molecule has 1 N–H and O–H groups in total. The monoisotopic (exact) mass is 404 g/mol. The van der Waals surface area contributed by atoms with E-state index in [1.807, 2.05) is 50.2 Å². The van der Waals surface area contributed by atoms with Crippen LogP contribution in [-0.2, 0) is 27.8 Å². The van der Waals surface area contributed by atoms with Crippen LogP contribution in [0.15, 0.2) is 48.5 Å². The van der Waals surface area contributed by atoms with Crippen molar-refractivity contribution in [2.45, 2.75) is 39.8 Å². The van der Waals surface area contributed by atoms with E-state index in [2.05, 4.69) is 5.32 Å². The topological polar surface area (TPSA) is 75.7 Å². The number of hydrogen-bond donors (Lipinski definition) is 1. The molecule has 1 unspecified atom stereocenters. The lowest BCUT2D eigenvalue weighted by atomic mass is 10.1. The molecule has 152 valence electrons. The second-order valence-electron chi connectivity index (χ2n) is 6.55. The number of carbonyl (C=O) groups excluding carboxylic acids is 1. The van der Waals surface area contributed by atoms with Crippen LogP contribution in [-0.4, -0.2) is 33.2 Å². The smallest absolute Gasteiger partial charge is 0.243 e. The zero-order valence-corrected chi connectivity index (χ0v) is 17.6. The molecule has 0 aliphatic rings. The molecule has 0 heterocycles. The van der Waals surface area contributed by atoms with Gasteiger partial charge in [-0.3, -0.25) is 9.10 Å². The van der Waals surface area contributed by atoms with Gasteiger partial charge in [-0.2, -0.15) is 0 Å². The number of rotatable bonds is 9. The van der Waals surface area contributed by atoms with Gasteiger partial charge < -0.3 is 10.1 Å². The largest absolute Gasteiger partial charge is 0.494 e. The molecular weight excluding hydrogens is 376 g/mol. The van der Waals surface area contributed by atoms with Gasteiger partial charge in [0.15, 0.2) is 0 Å². The summed E-state index contributed by atoms with van der Waals surface area (Å²) in [7, 11) is -3.62. The zero-order valence-electron chi connectivity index (χ0n) is 16.8. The van der Waals surface area contributed by atoms with Gasteiger partial charge in [0.25, 0.3) is 0 Å². The lowest BCUT2D eigenvalue weighted by Gasteiger charge is -2.28. The van der Waals surface area contributed by atoms with E-state index in [1.165, 1.54) is 0 Å². The van der Waals surface area contributed by atoms with E-state index >= 15 is 0 Å². The van der Waals surface area contributed by atoms with Gasteiger partial charge in [0.2, 0.25) is 15.9 Å². The highest BCUT2D eigenvalue weighted by Gasteiger charge is 2.28. The lowest BCUT2D eigenvalue weighted by Crippen LogP contribution is -2.47. The van der Waals surface area contributed by atoms with E-state index in [1.54, 1.807) is 19.1 Å². The Morgan fingerprint density at radius 2 is 1.61 bits per heavy atom. The molecule has 2 aromatic rings. The van der Waals surface area contributed by atoms with Gasteiger partial charge >= 0.3 is 0 Å². The van der Waals surface area contributed by atoms with Crippen LogP contribution in [0, 0.1) is 0 Å². The predicted molar refractivity (Wildman–Crippen MR) is 112 cm³/mol. The van der Waals surface area contributed by atoms with Gasteiger partial charge in [0.1, 0.15) is 11.8 Å². The second-order valence-corrected chi connectivity index (χ2v) is 8.41. The van der Waals surface area contributed by atoms with Crippen LogP contribution in [0.1, 0.15) is 31.9 Å². The lowest BCUT2D eigenvalue weighted by molar-refractivity contribution is -0.122. The Morgan fingerprint density at radius 1 is 1.04 bits per heavy atom. The number of nitrogens with one attached hydrogen (secondary N) is 1. The summed E-state index contributed by atoms with van der Waals surface area (Å²) in [5, 5.41) is 2.81. The maximum absolute atomic E-state index is 12.6. The first-order chi connectivity index (χ1) is 13.3. The number of sulfonamides is 1. The fraction of sp³-hybridized carbons (Fsp3) is 0.381. The molecule has 28 heavy (non-hydrogen) atoms. The van der Waals surface area contributed by atoms with Gasteiger partial charge in [-0.15, -0.1) is 0 Å². The summed E-state index contributed by atoms with van der Waals surface area (Å²) in [6.07, 6.45) is 1.97. The zero-order chi connectivity index (χ0) is 20.7. The quantitative estimate of drug-likeness (QED) is 0.697. The van der Waals surface area contributed by atoms with Crippen molar-refractivity contribution in [1.29, 1.82) is 0 Å². The van der Waals surface area contributed by atoms with Crippen LogP contribution >= 0.6 is 0 Å². The van der Waals surface area contributed by atoms with Crippen molar-refractivity contribution < 1.29 is 17.9 Å².